The SMILES string of the molecule is Nc1ccc2c(c1)C(=O)Nc1ccccc1N2.O=C1Nc2ccccc2Nc2ccc([N+](=O)[O-])cc21. The topological polar surface area (TPSA) is 151 Å². The van der Waals surface area contributed by atoms with Crippen molar-refractivity contribution in [1.29, 1.82) is 0 Å². The van der Waals surface area contributed by atoms with Crippen molar-refractivity contribution < 1.29 is 14.5 Å². The van der Waals surface area contributed by atoms with Gasteiger partial charge in [0.25, 0.3) is 17.5 Å². The Morgan fingerprint density at radius 1 is 0.583 bits per heavy atom. The molecule has 2 aliphatic heterocycles. The number of fused-ring (bicyclic) bond motifs is 4. The zero-order valence-corrected chi connectivity index (χ0v) is 18.7. The first-order valence-corrected chi connectivity index (χ1v) is 10.9. The predicted molar refractivity (Wildman–Crippen MR) is 139 cm³/mol. The summed E-state index contributed by atoms with van der Waals surface area (Å²) in [5, 5.41) is 22.6. The third kappa shape index (κ3) is 4.38. The molecule has 0 aromatic heterocycles. The van der Waals surface area contributed by atoms with Gasteiger partial charge in [-0.25, -0.2) is 0 Å². The van der Waals surface area contributed by atoms with Gasteiger partial charge < -0.3 is 27.0 Å². The van der Waals surface area contributed by atoms with Gasteiger partial charge >= 0.3 is 0 Å². The standard InChI is InChI=1S/C13H9N3O3.C13H11N3O/c17-13-9-7-8(16(18)19)5-6-10(9)14-11-3-1-2-4-12(11)15-13;14-8-5-6-10-9(7-8)13(17)16-12-4-2-1-3-11(12)15-10/h1-7,14H,(H,15,17);1-7,15H,14H2,(H,16,17). The molecule has 10 nitrogen and oxygen atoms in total. The number of nitrogens with one attached hydrogen (secondary N) is 4. The van der Waals surface area contributed by atoms with Gasteiger partial charge in [0.15, 0.2) is 0 Å². The van der Waals surface area contributed by atoms with Gasteiger partial charge in [0, 0.05) is 17.8 Å². The lowest BCUT2D eigenvalue weighted by Crippen LogP contribution is -2.11. The Morgan fingerprint density at radius 3 is 1.53 bits per heavy atom. The fourth-order valence-corrected chi connectivity index (χ4v) is 3.87. The number of nitrogens with zero attached hydrogens (tertiary/aromatic N) is 1. The maximum Gasteiger partial charge on any atom is 0.270 e. The molecule has 2 amide bonds. The molecule has 0 saturated heterocycles. The molecule has 10 heteroatoms. The van der Waals surface area contributed by atoms with Crippen LogP contribution in [0.4, 0.5) is 45.5 Å². The summed E-state index contributed by atoms with van der Waals surface area (Å²) >= 11 is 0. The minimum Gasteiger partial charge on any atom is -0.399 e. The van der Waals surface area contributed by atoms with Gasteiger partial charge in [-0.3, -0.25) is 19.7 Å². The van der Waals surface area contributed by atoms with Gasteiger partial charge in [0.1, 0.15) is 0 Å². The van der Waals surface area contributed by atoms with Crippen LogP contribution in [0.3, 0.4) is 0 Å². The van der Waals surface area contributed by atoms with Crippen molar-refractivity contribution in [2.75, 3.05) is 27.0 Å². The molecule has 4 aromatic carbocycles. The molecule has 0 aliphatic carbocycles. The van der Waals surface area contributed by atoms with Crippen molar-refractivity contribution in [2.24, 2.45) is 0 Å². The second kappa shape index (κ2) is 9.11. The normalized spacial score (nSPS) is 12.7. The van der Waals surface area contributed by atoms with E-state index in [4.69, 9.17) is 5.73 Å². The van der Waals surface area contributed by atoms with Crippen LogP contribution in [-0.2, 0) is 0 Å². The Morgan fingerprint density at radius 2 is 1.03 bits per heavy atom. The quantitative estimate of drug-likeness (QED) is 0.137. The molecule has 0 unspecified atom stereocenters. The second-order valence-corrected chi connectivity index (χ2v) is 8.04. The zero-order chi connectivity index (χ0) is 25.2. The van der Waals surface area contributed by atoms with Crippen LogP contribution in [0.15, 0.2) is 84.9 Å². The van der Waals surface area contributed by atoms with Crippen LogP contribution in [0.25, 0.3) is 0 Å². The lowest BCUT2D eigenvalue weighted by molar-refractivity contribution is -0.384. The Kier molecular flexibility index (Phi) is 5.67. The molecule has 0 fully saturated rings. The van der Waals surface area contributed by atoms with E-state index in [9.17, 15) is 19.7 Å². The van der Waals surface area contributed by atoms with Crippen LogP contribution in [0.2, 0.25) is 0 Å². The Labute approximate surface area is 205 Å². The first kappa shape index (κ1) is 22.4. The average Bonchev–Trinajstić information content (AvgIpc) is 3.10. The summed E-state index contributed by atoms with van der Waals surface area (Å²) in [6.45, 7) is 0. The highest BCUT2D eigenvalue weighted by atomic mass is 16.6. The van der Waals surface area contributed by atoms with Crippen molar-refractivity contribution in [2.45, 2.75) is 0 Å². The molecule has 2 heterocycles. The third-order valence-electron chi connectivity index (χ3n) is 5.64. The van der Waals surface area contributed by atoms with Crippen molar-refractivity contribution in [3.05, 3.63) is 106 Å². The summed E-state index contributed by atoms with van der Waals surface area (Å²) in [6, 6.07) is 24.2. The molecular formula is C26H20N6O4. The van der Waals surface area contributed by atoms with E-state index < -0.39 is 4.92 Å². The Balaban J connectivity index is 0.000000149. The molecule has 4 aromatic rings. The van der Waals surface area contributed by atoms with Gasteiger partial charge in [0.05, 0.1) is 50.2 Å². The van der Waals surface area contributed by atoms with Gasteiger partial charge in [-0.1, -0.05) is 24.3 Å². The summed E-state index contributed by atoms with van der Waals surface area (Å²) in [7, 11) is 0. The molecule has 6 rings (SSSR count). The number of rotatable bonds is 1. The van der Waals surface area contributed by atoms with Gasteiger partial charge in [0.2, 0.25) is 0 Å². The van der Waals surface area contributed by atoms with E-state index in [1.165, 1.54) is 18.2 Å². The van der Waals surface area contributed by atoms with E-state index in [2.05, 4.69) is 21.3 Å². The number of benzene rings is 4. The van der Waals surface area contributed by atoms with Crippen LogP contribution in [0, 0.1) is 10.1 Å². The third-order valence-corrected chi connectivity index (χ3v) is 5.64. The second-order valence-electron chi connectivity index (χ2n) is 8.04. The van der Waals surface area contributed by atoms with E-state index in [0.717, 1.165) is 22.7 Å². The number of nitrogens with two attached hydrogens (primary N) is 1. The van der Waals surface area contributed by atoms with Crippen LogP contribution >= 0.6 is 0 Å². The molecule has 0 saturated carbocycles. The molecule has 6 N–H and O–H groups in total. The van der Waals surface area contributed by atoms with Gasteiger partial charge in [-0.15, -0.1) is 0 Å². The first-order valence-electron chi connectivity index (χ1n) is 10.9. The maximum atomic E-state index is 12.1. The molecule has 0 spiro atoms. The molecule has 178 valence electrons. The van der Waals surface area contributed by atoms with Crippen LogP contribution < -0.4 is 27.0 Å². The number of amides is 2. The number of hydrogen-bond acceptors (Lipinski definition) is 7. The number of carbonyl (C=O) groups excluding carboxylic acids is 2. The van der Waals surface area contributed by atoms with Crippen LogP contribution in [0.5, 0.6) is 0 Å². The van der Waals surface area contributed by atoms with Crippen molar-refractivity contribution in [3.8, 4) is 0 Å². The summed E-state index contributed by atoms with van der Waals surface area (Å²) in [5.74, 6) is -0.513. The number of non-ortho nitro benzene ring substituents is 1. The average molecular weight is 480 g/mol. The van der Waals surface area contributed by atoms with E-state index in [1.807, 2.05) is 42.5 Å². The van der Waals surface area contributed by atoms with Crippen molar-refractivity contribution >= 4 is 57.3 Å². The summed E-state index contributed by atoms with van der Waals surface area (Å²) in [6.07, 6.45) is 0. The fourth-order valence-electron chi connectivity index (χ4n) is 3.87. The summed E-state index contributed by atoms with van der Waals surface area (Å²) in [4.78, 5) is 34.3. The van der Waals surface area contributed by atoms with E-state index >= 15 is 0 Å². The van der Waals surface area contributed by atoms with Crippen molar-refractivity contribution in [3.63, 3.8) is 0 Å². The largest absolute Gasteiger partial charge is 0.399 e. The Bertz CT molecular complexity index is 1530. The number of hydrogen-bond donors (Lipinski definition) is 5. The smallest absolute Gasteiger partial charge is 0.270 e. The highest BCUT2D eigenvalue weighted by Crippen LogP contribution is 2.34. The molecule has 0 radical (unpaired) electrons. The Hall–Kier alpha value is -5.38. The zero-order valence-electron chi connectivity index (χ0n) is 18.7. The molecule has 0 atom stereocenters. The lowest BCUT2D eigenvalue weighted by atomic mass is 10.1. The number of carbonyl (C=O) groups is 2. The van der Waals surface area contributed by atoms with Crippen molar-refractivity contribution in [1.82, 2.24) is 0 Å². The van der Waals surface area contributed by atoms with Crippen LogP contribution in [0.1, 0.15) is 20.7 Å². The number of nitrogen functional groups attached to an aromatic ring is 1. The molecule has 36 heavy (non-hydrogen) atoms. The van der Waals surface area contributed by atoms with E-state index in [0.29, 0.717) is 22.6 Å². The number of anilines is 7. The van der Waals surface area contributed by atoms with Crippen LogP contribution in [-0.4, -0.2) is 16.7 Å². The highest BCUT2D eigenvalue weighted by Gasteiger charge is 2.21. The molecular weight excluding hydrogens is 460 g/mol. The van der Waals surface area contributed by atoms with Gasteiger partial charge in [-0.05, 0) is 48.5 Å². The number of para-hydroxylation sites is 4. The molecule has 0 bridgehead atoms. The minimum absolute atomic E-state index is 0.110. The predicted octanol–water partition coefficient (Wildman–Crippen LogP) is 5.48. The van der Waals surface area contributed by atoms with E-state index in [-0.39, 0.29) is 23.1 Å². The number of nitro benzene ring substituents is 1. The lowest BCUT2D eigenvalue weighted by Gasteiger charge is -2.07. The summed E-state index contributed by atoms with van der Waals surface area (Å²) < 4.78 is 0. The highest BCUT2D eigenvalue weighted by molar-refractivity contribution is 6.13. The monoisotopic (exact) mass is 480 g/mol. The maximum absolute atomic E-state index is 12.1. The van der Waals surface area contributed by atoms with Gasteiger partial charge in [-0.2, -0.15) is 0 Å². The minimum atomic E-state index is -0.522. The van der Waals surface area contributed by atoms with E-state index in [1.54, 1.807) is 24.3 Å². The summed E-state index contributed by atoms with van der Waals surface area (Å²) in [5.41, 5.74) is 11.3. The first-order chi connectivity index (χ1) is 17.4. The molecule has 2 aliphatic rings. The fraction of sp³-hybridized carbons (Fsp3) is 0. The number of nitro groups is 1.